The van der Waals surface area contributed by atoms with Gasteiger partial charge in [0.2, 0.25) is 0 Å². The van der Waals surface area contributed by atoms with Crippen LogP contribution in [0.2, 0.25) is 0 Å². The number of aliphatic hydroxyl groups excluding tert-OH is 1. The summed E-state index contributed by atoms with van der Waals surface area (Å²) in [5.74, 6) is 0.414. The van der Waals surface area contributed by atoms with Crippen LogP contribution in [0, 0.1) is 0 Å². The van der Waals surface area contributed by atoms with Gasteiger partial charge in [0.05, 0.1) is 26.5 Å². The lowest BCUT2D eigenvalue weighted by molar-refractivity contribution is -0.144. The Balaban J connectivity index is 1.45. The number of nitrogens with zero attached hydrogens (tertiary/aromatic N) is 2. The van der Waals surface area contributed by atoms with Gasteiger partial charge in [-0.2, -0.15) is 0 Å². The average molecular weight is 480 g/mol. The summed E-state index contributed by atoms with van der Waals surface area (Å²) in [6.45, 7) is 1.05. The maximum atomic E-state index is 12.4. The molecule has 4 aromatic rings. The predicted molar refractivity (Wildman–Crippen MR) is 129 cm³/mol. The van der Waals surface area contributed by atoms with Gasteiger partial charge in [-0.3, -0.25) is 9.69 Å². The summed E-state index contributed by atoms with van der Waals surface area (Å²) in [5, 5.41) is 21.3. The molecule has 2 aromatic carbocycles. The number of aromatic nitrogens is 2. The number of carboxylic acid groups (broad SMARTS) is 1. The van der Waals surface area contributed by atoms with E-state index in [1.54, 1.807) is 31.8 Å². The Hall–Kier alpha value is -3.40. The molecule has 2 aromatic heterocycles. The van der Waals surface area contributed by atoms with Gasteiger partial charge >= 0.3 is 5.97 Å². The minimum absolute atomic E-state index is 0.0602. The summed E-state index contributed by atoms with van der Waals surface area (Å²) >= 11 is 1.58. The van der Waals surface area contributed by atoms with Gasteiger partial charge in [0, 0.05) is 52.6 Å². The fourth-order valence-electron chi connectivity index (χ4n) is 4.53. The van der Waals surface area contributed by atoms with Crippen molar-refractivity contribution in [1.29, 1.82) is 0 Å². The van der Waals surface area contributed by atoms with Crippen molar-refractivity contribution in [2.24, 2.45) is 0 Å². The molecule has 1 unspecified atom stereocenters. The fourth-order valence-corrected chi connectivity index (χ4v) is 5.66. The number of methoxy groups -OCH3 is 2. The molecule has 0 amide bonds. The largest absolute Gasteiger partial charge is 0.493 e. The molecule has 0 bridgehead atoms. The van der Waals surface area contributed by atoms with Gasteiger partial charge in [0.15, 0.2) is 11.5 Å². The van der Waals surface area contributed by atoms with Crippen molar-refractivity contribution in [3.8, 4) is 22.1 Å². The molecule has 34 heavy (non-hydrogen) atoms. The Bertz CT molecular complexity index is 1360. The van der Waals surface area contributed by atoms with Gasteiger partial charge in [0.1, 0.15) is 11.0 Å². The highest BCUT2D eigenvalue weighted by molar-refractivity contribution is 7.15. The van der Waals surface area contributed by atoms with Crippen LogP contribution in [0.3, 0.4) is 0 Å². The van der Waals surface area contributed by atoms with Crippen molar-refractivity contribution in [3.05, 3.63) is 64.3 Å². The molecule has 9 heteroatoms. The standard InChI is InChI=1S/C25H25N3O5S/c1-32-20-6-4-15(10-21(20)33-2)24-27-18-7-8-28(12-22(18)34-24)23(25(30)31)17-11-26-19-9-14(13-29)3-5-16(17)19/h3-6,9-11,23,26,29H,7-8,12-13H2,1-2H3,(H,30,31). The van der Waals surface area contributed by atoms with Crippen molar-refractivity contribution in [3.63, 3.8) is 0 Å². The molecule has 0 aliphatic carbocycles. The summed E-state index contributed by atoms with van der Waals surface area (Å²) in [4.78, 5) is 23.5. The zero-order valence-corrected chi connectivity index (χ0v) is 19.7. The number of hydrogen-bond donors (Lipinski definition) is 3. The number of hydrogen-bond acceptors (Lipinski definition) is 7. The van der Waals surface area contributed by atoms with Gasteiger partial charge in [-0.25, -0.2) is 4.98 Å². The van der Waals surface area contributed by atoms with Crippen LogP contribution in [0.1, 0.15) is 27.7 Å². The summed E-state index contributed by atoms with van der Waals surface area (Å²) in [5.41, 5.74) is 4.28. The Morgan fingerprint density at radius 2 is 2.03 bits per heavy atom. The van der Waals surface area contributed by atoms with Crippen LogP contribution in [-0.4, -0.2) is 51.8 Å². The van der Waals surface area contributed by atoms with Gasteiger partial charge in [-0.1, -0.05) is 12.1 Å². The Morgan fingerprint density at radius 3 is 2.76 bits per heavy atom. The van der Waals surface area contributed by atoms with Crippen LogP contribution < -0.4 is 9.47 Å². The summed E-state index contributed by atoms with van der Waals surface area (Å²) in [7, 11) is 3.21. The Kier molecular flexibility index (Phi) is 5.99. The molecule has 0 saturated carbocycles. The monoisotopic (exact) mass is 479 g/mol. The number of H-pyrrole nitrogens is 1. The van der Waals surface area contributed by atoms with Crippen LogP contribution >= 0.6 is 11.3 Å². The van der Waals surface area contributed by atoms with Crippen molar-refractivity contribution >= 4 is 28.2 Å². The number of rotatable bonds is 7. The molecule has 3 N–H and O–H groups in total. The van der Waals surface area contributed by atoms with Gasteiger partial charge < -0.3 is 24.7 Å². The predicted octanol–water partition coefficient (Wildman–Crippen LogP) is 3.98. The SMILES string of the molecule is COc1ccc(-c2nc3c(s2)CN(C(C(=O)O)c2c[nH]c4cc(CO)ccc24)CC3)cc1OC. The second kappa shape index (κ2) is 9.09. The van der Waals surface area contributed by atoms with Crippen molar-refractivity contribution in [2.45, 2.75) is 25.6 Å². The minimum Gasteiger partial charge on any atom is -0.493 e. The number of nitrogens with one attached hydrogen (secondary N) is 1. The summed E-state index contributed by atoms with van der Waals surface area (Å²) in [6, 6.07) is 10.5. The third kappa shape index (κ3) is 3.91. The number of aliphatic hydroxyl groups is 1. The highest BCUT2D eigenvalue weighted by atomic mass is 32.1. The molecule has 0 saturated heterocycles. The van der Waals surface area contributed by atoms with Crippen molar-refractivity contribution in [1.82, 2.24) is 14.9 Å². The van der Waals surface area contributed by atoms with Crippen molar-refractivity contribution in [2.75, 3.05) is 20.8 Å². The lowest BCUT2D eigenvalue weighted by Crippen LogP contribution is -2.37. The lowest BCUT2D eigenvalue weighted by Gasteiger charge is -2.31. The molecule has 8 nitrogen and oxygen atoms in total. The maximum absolute atomic E-state index is 12.4. The first-order chi connectivity index (χ1) is 16.5. The first kappa shape index (κ1) is 22.4. The van der Waals surface area contributed by atoms with E-state index in [0.717, 1.165) is 43.2 Å². The lowest BCUT2D eigenvalue weighted by atomic mass is 10.0. The molecular formula is C25H25N3O5S. The third-order valence-corrected chi connectivity index (χ3v) is 7.38. The molecule has 1 atom stereocenters. The van der Waals surface area contributed by atoms with Crippen LogP contribution in [-0.2, 0) is 24.4 Å². The molecule has 1 aliphatic heterocycles. The number of carboxylic acids is 1. The van der Waals surface area contributed by atoms with Gasteiger partial charge in [-0.15, -0.1) is 11.3 Å². The van der Waals surface area contributed by atoms with E-state index in [2.05, 4.69) is 4.98 Å². The van der Waals surface area contributed by atoms with E-state index in [4.69, 9.17) is 14.5 Å². The maximum Gasteiger partial charge on any atom is 0.325 e. The number of benzene rings is 2. The first-order valence-electron chi connectivity index (χ1n) is 10.9. The quantitative estimate of drug-likeness (QED) is 0.368. The minimum atomic E-state index is -0.889. The highest BCUT2D eigenvalue weighted by Gasteiger charge is 2.33. The Labute approximate surface area is 200 Å². The van der Waals surface area contributed by atoms with E-state index >= 15 is 0 Å². The van der Waals surface area contributed by atoms with Crippen molar-refractivity contribution < 1.29 is 24.5 Å². The van der Waals surface area contributed by atoms with Crippen LogP contribution in [0.25, 0.3) is 21.5 Å². The van der Waals surface area contributed by atoms with Crippen LogP contribution in [0.15, 0.2) is 42.6 Å². The number of carbonyl (C=O) groups is 1. The first-order valence-corrected chi connectivity index (χ1v) is 11.7. The molecule has 1 aliphatic rings. The van der Waals surface area contributed by atoms with E-state index in [-0.39, 0.29) is 6.61 Å². The fraction of sp³-hybridized carbons (Fsp3) is 0.280. The van der Waals surface area contributed by atoms with E-state index in [9.17, 15) is 15.0 Å². The normalized spacial score (nSPS) is 14.7. The van der Waals surface area contributed by atoms with Crippen LogP contribution in [0.5, 0.6) is 11.5 Å². The van der Waals surface area contributed by atoms with Gasteiger partial charge in [-0.05, 0) is 29.8 Å². The second-order valence-electron chi connectivity index (χ2n) is 8.20. The zero-order chi connectivity index (χ0) is 23.8. The topological polar surface area (TPSA) is 108 Å². The molecule has 0 fully saturated rings. The van der Waals surface area contributed by atoms with E-state index in [1.165, 1.54) is 0 Å². The Morgan fingerprint density at radius 1 is 1.21 bits per heavy atom. The molecule has 5 rings (SSSR count). The number of aliphatic carboxylic acids is 1. The summed E-state index contributed by atoms with van der Waals surface area (Å²) in [6.07, 6.45) is 2.45. The van der Waals surface area contributed by atoms with E-state index in [1.807, 2.05) is 41.3 Å². The second-order valence-corrected chi connectivity index (χ2v) is 9.29. The van der Waals surface area contributed by atoms with E-state index < -0.39 is 12.0 Å². The number of thiazole rings is 1. The summed E-state index contributed by atoms with van der Waals surface area (Å²) < 4.78 is 10.8. The third-order valence-electron chi connectivity index (χ3n) is 6.25. The number of aromatic amines is 1. The molecular weight excluding hydrogens is 454 g/mol. The van der Waals surface area contributed by atoms with Gasteiger partial charge in [0.25, 0.3) is 0 Å². The molecule has 176 valence electrons. The smallest absolute Gasteiger partial charge is 0.325 e. The number of fused-ring (bicyclic) bond motifs is 2. The molecule has 0 radical (unpaired) electrons. The zero-order valence-electron chi connectivity index (χ0n) is 18.9. The molecule has 3 heterocycles. The highest BCUT2D eigenvalue weighted by Crippen LogP contribution is 2.38. The molecule has 0 spiro atoms. The van der Waals surface area contributed by atoms with Crippen LogP contribution in [0.4, 0.5) is 0 Å². The average Bonchev–Trinajstić information content (AvgIpc) is 3.47. The van der Waals surface area contributed by atoms with E-state index in [0.29, 0.717) is 31.0 Å². The number of ether oxygens (including phenoxy) is 2.